The summed E-state index contributed by atoms with van der Waals surface area (Å²) >= 11 is 4.91. The summed E-state index contributed by atoms with van der Waals surface area (Å²) in [6.45, 7) is 9.92. The molecule has 2 heterocycles. The maximum absolute atomic E-state index is 12.6. The van der Waals surface area contributed by atoms with Gasteiger partial charge >= 0.3 is 0 Å². The summed E-state index contributed by atoms with van der Waals surface area (Å²) in [5.74, 6) is -0.139. The number of aryl methyl sites for hydroxylation is 4. The van der Waals surface area contributed by atoms with Gasteiger partial charge in [0.25, 0.3) is 5.91 Å². The molecule has 1 amide bonds. The highest BCUT2D eigenvalue weighted by Crippen LogP contribution is 2.31. The molecule has 1 atom stereocenters. The number of benzene rings is 1. The molecule has 0 unspecified atom stereocenters. The van der Waals surface area contributed by atoms with Gasteiger partial charge < -0.3 is 5.32 Å². The van der Waals surface area contributed by atoms with E-state index in [1.165, 1.54) is 22.5 Å². The van der Waals surface area contributed by atoms with Gasteiger partial charge in [0.2, 0.25) is 0 Å². The van der Waals surface area contributed by atoms with Crippen LogP contribution in [0.1, 0.15) is 34.7 Å². The standard InChI is InChI=1S/C19H21BrN4OS/c1-10-6-7-15(8-11(10)2)17-14(5)26-19(21-17)22-18(25)13(4)24-9-16(20)12(3)23-24/h6-9,13H,1-5H3,(H,21,22,25)/t13-/m0/s1. The third kappa shape index (κ3) is 3.73. The van der Waals surface area contributed by atoms with Gasteiger partial charge in [-0.3, -0.25) is 9.48 Å². The first-order valence-electron chi connectivity index (χ1n) is 8.33. The molecular formula is C19H21BrN4OS. The van der Waals surface area contributed by atoms with Crippen LogP contribution in [-0.2, 0) is 4.79 Å². The molecule has 1 aromatic carbocycles. The third-order valence-electron chi connectivity index (χ3n) is 4.44. The summed E-state index contributed by atoms with van der Waals surface area (Å²) in [7, 11) is 0. The van der Waals surface area contributed by atoms with Gasteiger partial charge in [-0.15, -0.1) is 11.3 Å². The molecule has 2 aromatic heterocycles. The van der Waals surface area contributed by atoms with Gasteiger partial charge in [-0.25, -0.2) is 4.98 Å². The van der Waals surface area contributed by atoms with Crippen molar-refractivity contribution in [3.8, 4) is 11.3 Å². The number of aromatic nitrogens is 3. The van der Waals surface area contributed by atoms with E-state index in [1.54, 1.807) is 4.68 Å². The zero-order valence-corrected chi connectivity index (χ0v) is 17.8. The summed E-state index contributed by atoms with van der Waals surface area (Å²) in [5.41, 5.74) is 5.32. The van der Waals surface area contributed by atoms with Gasteiger partial charge in [-0.2, -0.15) is 5.10 Å². The van der Waals surface area contributed by atoms with Crippen LogP contribution in [0.15, 0.2) is 28.9 Å². The van der Waals surface area contributed by atoms with Crippen LogP contribution in [0.25, 0.3) is 11.3 Å². The Morgan fingerprint density at radius 1 is 1.23 bits per heavy atom. The lowest BCUT2D eigenvalue weighted by Crippen LogP contribution is -2.24. The zero-order valence-electron chi connectivity index (χ0n) is 15.4. The highest BCUT2D eigenvalue weighted by Gasteiger charge is 2.19. The second-order valence-corrected chi connectivity index (χ2v) is 8.49. The molecule has 26 heavy (non-hydrogen) atoms. The first-order valence-corrected chi connectivity index (χ1v) is 9.94. The van der Waals surface area contributed by atoms with Crippen LogP contribution in [0, 0.1) is 27.7 Å². The van der Waals surface area contributed by atoms with Gasteiger partial charge in [0.15, 0.2) is 5.13 Å². The van der Waals surface area contributed by atoms with E-state index in [1.807, 2.05) is 27.0 Å². The Morgan fingerprint density at radius 3 is 2.58 bits per heavy atom. The number of carbonyl (C=O) groups is 1. The second kappa shape index (κ2) is 7.32. The third-order valence-corrected chi connectivity index (χ3v) is 6.10. The van der Waals surface area contributed by atoms with Crippen molar-refractivity contribution in [1.29, 1.82) is 0 Å². The number of thiazole rings is 1. The summed E-state index contributed by atoms with van der Waals surface area (Å²) < 4.78 is 2.54. The van der Waals surface area contributed by atoms with Crippen molar-refractivity contribution in [2.24, 2.45) is 0 Å². The maximum atomic E-state index is 12.6. The molecule has 0 aliphatic heterocycles. The SMILES string of the molecule is Cc1ccc(-c2nc(NC(=O)[C@H](C)n3cc(Br)c(C)n3)sc2C)cc1C. The molecule has 0 aliphatic rings. The minimum Gasteiger partial charge on any atom is -0.300 e. The largest absolute Gasteiger partial charge is 0.300 e. The first-order chi connectivity index (χ1) is 12.3. The van der Waals surface area contributed by atoms with Crippen molar-refractivity contribution in [2.75, 3.05) is 5.32 Å². The van der Waals surface area contributed by atoms with E-state index in [2.05, 4.69) is 63.4 Å². The average Bonchev–Trinajstić information content (AvgIpc) is 3.12. The van der Waals surface area contributed by atoms with Gasteiger partial charge in [-0.05, 0) is 67.7 Å². The minimum absolute atomic E-state index is 0.139. The number of amides is 1. The Morgan fingerprint density at radius 2 is 1.96 bits per heavy atom. The van der Waals surface area contributed by atoms with E-state index in [0.717, 1.165) is 26.3 Å². The van der Waals surface area contributed by atoms with Crippen molar-refractivity contribution in [1.82, 2.24) is 14.8 Å². The highest BCUT2D eigenvalue weighted by atomic mass is 79.9. The van der Waals surface area contributed by atoms with E-state index in [9.17, 15) is 4.79 Å². The monoisotopic (exact) mass is 432 g/mol. The molecule has 5 nitrogen and oxygen atoms in total. The molecule has 0 bridgehead atoms. The fourth-order valence-corrected chi connectivity index (χ4v) is 3.72. The fraction of sp³-hybridized carbons (Fsp3) is 0.316. The summed E-state index contributed by atoms with van der Waals surface area (Å²) in [4.78, 5) is 18.3. The Labute approximate surface area is 165 Å². The van der Waals surface area contributed by atoms with Crippen LogP contribution in [-0.4, -0.2) is 20.7 Å². The van der Waals surface area contributed by atoms with Crippen LogP contribution >= 0.6 is 27.3 Å². The van der Waals surface area contributed by atoms with Crippen molar-refractivity contribution in [3.05, 3.63) is 50.6 Å². The molecule has 3 rings (SSSR count). The smallest absolute Gasteiger partial charge is 0.250 e. The van der Waals surface area contributed by atoms with Crippen molar-refractivity contribution >= 4 is 38.3 Å². The lowest BCUT2D eigenvalue weighted by molar-refractivity contribution is -0.119. The number of hydrogen-bond acceptors (Lipinski definition) is 4. The number of anilines is 1. The number of hydrogen-bond donors (Lipinski definition) is 1. The zero-order chi connectivity index (χ0) is 19.0. The van der Waals surface area contributed by atoms with E-state index in [-0.39, 0.29) is 5.91 Å². The van der Waals surface area contributed by atoms with Crippen LogP contribution in [0.4, 0.5) is 5.13 Å². The predicted molar refractivity (Wildman–Crippen MR) is 110 cm³/mol. The van der Waals surface area contributed by atoms with Crippen molar-refractivity contribution in [3.63, 3.8) is 0 Å². The second-order valence-electron chi connectivity index (χ2n) is 6.43. The molecule has 0 saturated heterocycles. The van der Waals surface area contributed by atoms with Gasteiger partial charge in [0, 0.05) is 16.6 Å². The highest BCUT2D eigenvalue weighted by molar-refractivity contribution is 9.10. The Bertz CT molecular complexity index is 957. The molecule has 3 aromatic rings. The van der Waals surface area contributed by atoms with Crippen molar-refractivity contribution < 1.29 is 4.79 Å². The Balaban J connectivity index is 1.80. The van der Waals surface area contributed by atoms with E-state index >= 15 is 0 Å². The normalized spacial score (nSPS) is 12.2. The maximum Gasteiger partial charge on any atom is 0.250 e. The summed E-state index contributed by atoms with van der Waals surface area (Å²) in [5, 5.41) is 7.88. The van der Waals surface area contributed by atoms with E-state index in [4.69, 9.17) is 0 Å². The fourth-order valence-electron chi connectivity index (χ4n) is 2.59. The molecule has 0 fully saturated rings. The number of nitrogens with zero attached hydrogens (tertiary/aromatic N) is 3. The van der Waals surface area contributed by atoms with Crippen LogP contribution in [0.2, 0.25) is 0 Å². The lowest BCUT2D eigenvalue weighted by atomic mass is 10.0. The summed E-state index contributed by atoms with van der Waals surface area (Å²) in [6.07, 6.45) is 1.81. The molecular weight excluding hydrogens is 412 g/mol. The Kier molecular flexibility index (Phi) is 5.29. The average molecular weight is 433 g/mol. The number of rotatable bonds is 4. The predicted octanol–water partition coefficient (Wildman–Crippen LogP) is 5.20. The van der Waals surface area contributed by atoms with Gasteiger partial charge in [0.05, 0.1) is 15.9 Å². The molecule has 0 saturated carbocycles. The quantitative estimate of drug-likeness (QED) is 0.615. The Hall–Kier alpha value is -1.99. The van der Waals surface area contributed by atoms with Crippen LogP contribution < -0.4 is 5.32 Å². The summed E-state index contributed by atoms with van der Waals surface area (Å²) in [6, 6.07) is 5.88. The van der Waals surface area contributed by atoms with Crippen LogP contribution in [0.3, 0.4) is 0 Å². The molecule has 0 radical (unpaired) electrons. The number of nitrogens with one attached hydrogen (secondary N) is 1. The number of halogens is 1. The molecule has 0 spiro atoms. The minimum atomic E-state index is -0.422. The van der Waals surface area contributed by atoms with E-state index < -0.39 is 6.04 Å². The van der Waals surface area contributed by atoms with Gasteiger partial charge in [-0.1, -0.05) is 12.1 Å². The number of carbonyl (C=O) groups excluding carboxylic acids is 1. The van der Waals surface area contributed by atoms with Crippen LogP contribution in [0.5, 0.6) is 0 Å². The first kappa shape index (κ1) is 18.8. The van der Waals surface area contributed by atoms with Crippen molar-refractivity contribution in [2.45, 2.75) is 40.7 Å². The van der Waals surface area contributed by atoms with E-state index in [0.29, 0.717) is 5.13 Å². The van der Waals surface area contributed by atoms with Gasteiger partial charge in [0.1, 0.15) is 6.04 Å². The molecule has 136 valence electrons. The topological polar surface area (TPSA) is 59.8 Å². The molecule has 7 heteroatoms. The lowest BCUT2D eigenvalue weighted by Gasteiger charge is -2.10. The molecule has 0 aliphatic carbocycles. The molecule has 1 N–H and O–H groups in total.